The van der Waals surface area contributed by atoms with E-state index in [2.05, 4.69) is 5.32 Å². The molecule has 0 saturated heterocycles. The van der Waals surface area contributed by atoms with E-state index in [4.69, 9.17) is 9.15 Å². The highest BCUT2D eigenvalue weighted by Crippen LogP contribution is 2.12. The number of hydrogen-bond donors (Lipinski definition) is 1. The van der Waals surface area contributed by atoms with E-state index in [1.807, 2.05) is 0 Å². The molecular weight excluding hydrogens is 258 g/mol. The fourth-order valence-electron chi connectivity index (χ4n) is 1.58. The van der Waals surface area contributed by atoms with Crippen molar-refractivity contribution in [2.75, 3.05) is 6.61 Å². The van der Waals surface area contributed by atoms with Gasteiger partial charge >= 0.3 is 0 Å². The molecule has 104 valence electrons. The number of nitrogens with one attached hydrogen (secondary N) is 1. The van der Waals surface area contributed by atoms with Crippen LogP contribution in [0.5, 0.6) is 5.75 Å². The zero-order valence-corrected chi connectivity index (χ0v) is 11.1. The van der Waals surface area contributed by atoms with Crippen LogP contribution >= 0.6 is 0 Å². The van der Waals surface area contributed by atoms with Crippen LogP contribution in [0.4, 0.5) is 0 Å². The van der Waals surface area contributed by atoms with Crippen LogP contribution in [0.15, 0.2) is 47.1 Å². The molecule has 2 rings (SSSR count). The smallest absolute Gasteiger partial charge is 0.258 e. The lowest BCUT2D eigenvalue weighted by Crippen LogP contribution is -2.28. The number of Topliss-reactive ketones (excluding diaryl/α,β-unsaturated/α-hetero) is 1. The molecule has 1 aromatic heterocycles. The number of benzene rings is 1. The summed E-state index contributed by atoms with van der Waals surface area (Å²) in [5.74, 6) is 0.983. The largest absolute Gasteiger partial charge is 0.484 e. The summed E-state index contributed by atoms with van der Waals surface area (Å²) >= 11 is 0. The van der Waals surface area contributed by atoms with Crippen molar-refractivity contribution in [2.24, 2.45) is 0 Å². The van der Waals surface area contributed by atoms with Crippen LogP contribution in [0, 0.1) is 0 Å². The van der Waals surface area contributed by atoms with E-state index in [9.17, 15) is 9.59 Å². The molecule has 1 heterocycles. The summed E-state index contributed by atoms with van der Waals surface area (Å²) in [6, 6.07) is 10.2. The van der Waals surface area contributed by atoms with Crippen molar-refractivity contribution in [3.8, 4) is 5.75 Å². The maximum Gasteiger partial charge on any atom is 0.258 e. The van der Waals surface area contributed by atoms with Gasteiger partial charge in [0.15, 0.2) is 12.4 Å². The average molecular weight is 273 g/mol. The highest BCUT2D eigenvalue weighted by molar-refractivity contribution is 5.94. The summed E-state index contributed by atoms with van der Waals surface area (Å²) in [5, 5.41) is 2.67. The zero-order chi connectivity index (χ0) is 14.4. The van der Waals surface area contributed by atoms with Crippen molar-refractivity contribution in [1.82, 2.24) is 5.32 Å². The van der Waals surface area contributed by atoms with Gasteiger partial charge in [0.05, 0.1) is 12.8 Å². The molecule has 0 atom stereocenters. The minimum Gasteiger partial charge on any atom is -0.484 e. The molecule has 0 unspecified atom stereocenters. The number of rotatable bonds is 6. The SMILES string of the molecule is CC(=O)c1ccc(OCC(=O)NCc2ccco2)cc1. The molecule has 0 radical (unpaired) electrons. The quantitative estimate of drug-likeness (QED) is 0.819. The van der Waals surface area contributed by atoms with Crippen LogP contribution in [-0.4, -0.2) is 18.3 Å². The van der Waals surface area contributed by atoms with Crippen LogP contribution < -0.4 is 10.1 Å². The first-order valence-corrected chi connectivity index (χ1v) is 6.18. The Morgan fingerprint density at radius 2 is 1.95 bits per heavy atom. The summed E-state index contributed by atoms with van der Waals surface area (Å²) in [7, 11) is 0. The van der Waals surface area contributed by atoms with Crippen LogP contribution in [0.1, 0.15) is 23.0 Å². The minimum absolute atomic E-state index is 0.00672. The summed E-state index contributed by atoms with van der Waals surface area (Å²) < 4.78 is 10.4. The van der Waals surface area contributed by atoms with Crippen LogP contribution in [-0.2, 0) is 11.3 Å². The van der Waals surface area contributed by atoms with Crippen molar-refractivity contribution < 1.29 is 18.7 Å². The number of carbonyl (C=O) groups is 2. The molecule has 0 aliphatic carbocycles. The molecule has 5 heteroatoms. The monoisotopic (exact) mass is 273 g/mol. The fraction of sp³-hybridized carbons (Fsp3) is 0.200. The third-order valence-electron chi connectivity index (χ3n) is 2.67. The lowest BCUT2D eigenvalue weighted by molar-refractivity contribution is -0.123. The van der Waals surface area contributed by atoms with Crippen molar-refractivity contribution in [2.45, 2.75) is 13.5 Å². The van der Waals surface area contributed by atoms with Gasteiger partial charge in [-0.15, -0.1) is 0 Å². The van der Waals surface area contributed by atoms with Gasteiger partial charge in [-0.1, -0.05) is 0 Å². The highest BCUT2D eigenvalue weighted by Gasteiger charge is 2.05. The number of hydrogen-bond acceptors (Lipinski definition) is 4. The van der Waals surface area contributed by atoms with Crippen molar-refractivity contribution in [3.63, 3.8) is 0 Å². The van der Waals surface area contributed by atoms with E-state index >= 15 is 0 Å². The Bertz CT molecular complexity index is 572. The lowest BCUT2D eigenvalue weighted by atomic mass is 10.1. The predicted octanol–water partition coefficient (Wildman–Crippen LogP) is 2.18. The molecule has 0 aliphatic heterocycles. The number of ether oxygens (including phenoxy) is 1. The normalized spacial score (nSPS) is 10.1. The van der Waals surface area contributed by atoms with Gasteiger partial charge in [0, 0.05) is 5.56 Å². The summed E-state index contributed by atoms with van der Waals surface area (Å²) in [5.41, 5.74) is 0.611. The first kappa shape index (κ1) is 13.9. The van der Waals surface area contributed by atoms with Gasteiger partial charge in [0.25, 0.3) is 5.91 Å². The van der Waals surface area contributed by atoms with E-state index in [1.165, 1.54) is 6.92 Å². The Hall–Kier alpha value is -2.56. The molecule has 2 aromatic rings. The predicted molar refractivity (Wildman–Crippen MR) is 72.5 cm³/mol. The average Bonchev–Trinajstić information content (AvgIpc) is 2.96. The summed E-state index contributed by atoms with van der Waals surface area (Å²) in [6.07, 6.45) is 1.55. The Morgan fingerprint density at radius 3 is 2.55 bits per heavy atom. The molecule has 1 aromatic carbocycles. The van der Waals surface area contributed by atoms with Gasteiger partial charge in [-0.25, -0.2) is 0 Å². The molecule has 0 saturated carbocycles. The second-order valence-electron chi connectivity index (χ2n) is 4.23. The fourth-order valence-corrected chi connectivity index (χ4v) is 1.58. The molecule has 0 spiro atoms. The molecule has 1 N–H and O–H groups in total. The molecule has 0 bridgehead atoms. The van der Waals surface area contributed by atoms with Gasteiger partial charge in [-0.05, 0) is 43.3 Å². The topological polar surface area (TPSA) is 68.5 Å². The van der Waals surface area contributed by atoms with Gasteiger partial charge in [-0.3, -0.25) is 9.59 Å². The first-order chi connectivity index (χ1) is 9.65. The van der Waals surface area contributed by atoms with E-state index in [1.54, 1.807) is 42.7 Å². The van der Waals surface area contributed by atoms with E-state index < -0.39 is 0 Å². The number of carbonyl (C=O) groups excluding carboxylic acids is 2. The summed E-state index contributed by atoms with van der Waals surface area (Å²) in [6.45, 7) is 1.75. The van der Waals surface area contributed by atoms with Gasteiger partial charge < -0.3 is 14.5 Å². The maximum absolute atomic E-state index is 11.6. The van der Waals surface area contributed by atoms with Crippen LogP contribution in [0.25, 0.3) is 0 Å². The third kappa shape index (κ3) is 3.98. The van der Waals surface area contributed by atoms with Crippen molar-refractivity contribution in [1.29, 1.82) is 0 Å². The van der Waals surface area contributed by atoms with Crippen LogP contribution in [0.2, 0.25) is 0 Å². The number of furan rings is 1. The number of amides is 1. The Labute approximate surface area is 116 Å². The van der Waals surface area contributed by atoms with Gasteiger partial charge in [0.1, 0.15) is 11.5 Å². The Morgan fingerprint density at radius 1 is 1.20 bits per heavy atom. The molecule has 0 fully saturated rings. The molecule has 20 heavy (non-hydrogen) atoms. The lowest BCUT2D eigenvalue weighted by Gasteiger charge is -2.07. The Balaban J connectivity index is 1.76. The highest BCUT2D eigenvalue weighted by atomic mass is 16.5. The molecule has 0 aliphatic rings. The zero-order valence-electron chi connectivity index (χ0n) is 11.1. The molecule has 1 amide bonds. The Kier molecular flexibility index (Phi) is 4.55. The third-order valence-corrected chi connectivity index (χ3v) is 2.67. The van der Waals surface area contributed by atoms with E-state index in [-0.39, 0.29) is 18.3 Å². The summed E-state index contributed by atoms with van der Waals surface area (Å²) in [4.78, 5) is 22.7. The van der Waals surface area contributed by atoms with Crippen LogP contribution in [0.3, 0.4) is 0 Å². The maximum atomic E-state index is 11.6. The second-order valence-corrected chi connectivity index (χ2v) is 4.23. The van der Waals surface area contributed by atoms with Gasteiger partial charge in [0.2, 0.25) is 0 Å². The first-order valence-electron chi connectivity index (χ1n) is 6.18. The van der Waals surface area contributed by atoms with Crippen molar-refractivity contribution in [3.05, 3.63) is 54.0 Å². The molecular formula is C15H15NO4. The second kappa shape index (κ2) is 6.56. The van der Waals surface area contributed by atoms with Gasteiger partial charge in [-0.2, -0.15) is 0 Å². The molecule has 5 nitrogen and oxygen atoms in total. The number of ketones is 1. The standard InChI is InChI=1S/C15H15NO4/c1-11(17)12-4-6-13(7-5-12)20-10-15(18)16-9-14-3-2-8-19-14/h2-8H,9-10H2,1H3,(H,16,18). The minimum atomic E-state index is -0.239. The van der Waals surface area contributed by atoms with E-state index in [0.717, 1.165) is 0 Å². The van der Waals surface area contributed by atoms with E-state index in [0.29, 0.717) is 23.6 Å². The van der Waals surface area contributed by atoms with Crippen molar-refractivity contribution >= 4 is 11.7 Å².